The van der Waals surface area contributed by atoms with E-state index < -0.39 is 0 Å². The number of para-hydroxylation sites is 1. The summed E-state index contributed by atoms with van der Waals surface area (Å²) in [6.45, 7) is 0. The van der Waals surface area contributed by atoms with Gasteiger partial charge in [0.2, 0.25) is 0 Å². The van der Waals surface area contributed by atoms with Crippen molar-refractivity contribution in [2.45, 2.75) is 0 Å². The molecule has 3 heterocycles. The van der Waals surface area contributed by atoms with Crippen LogP contribution in [0.1, 0.15) is 0 Å². The van der Waals surface area contributed by atoms with Crippen LogP contribution in [0, 0.1) is 0 Å². The van der Waals surface area contributed by atoms with Crippen molar-refractivity contribution in [2.24, 2.45) is 0 Å². The minimum Gasteiger partial charge on any atom is -0.456 e. The van der Waals surface area contributed by atoms with Crippen LogP contribution in [-0.2, 0) is 0 Å². The molecular formula is C49H27N3O2. The highest BCUT2D eigenvalue weighted by Gasteiger charge is 2.25. The smallest absolute Gasteiger partial charge is 0.164 e. The molecular weight excluding hydrogens is 663 g/mol. The molecule has 0 radical (unpaired) electrons. The second kappa shape index (κ2) is 11.1. The van der Waals surface area contributed by atoms with Crippen molar-refractivity contribution in [3.05, 3.63) is 164 Å². The van der Waals surface area contributed by atoms with E-state index in [2.05, 4.69) is 97.1 Å². The quantitative estimate of drug-likeness (QED) is 0.184. The van der Waals surface area contributed by atoms with Gasteiger partial charge in [-0.25, -0.2) is 15.0 Å². The van der Waals surface area contributed by atoms with Crippen LogP contribution >= 0.6 is 0 Å². The first-order chi connectivity index (χ1) is 26.8. The molecule has 0 saturated heterocycles. The summed E-state index contributed by atoms with van der Waals surface area (Å²) in [4.78, 5) is 15.4. The molecule has 12 rings (SSSR count). The Balaban J connectivity index is 1.05. The maximum absolute atomic E-state index is 6.72. The van der Waals surface area contributed by atoms with E-state index in [-0.39, 0.29) is 0 Å². The molecule has 0 fully saturated rings. The van der Waals surface area contributed by atoms with Gasteiger partial charge in [-0.05, 0) is 74.5 Å². The zero-order chi connectivity index (χ0) is 35.3. The van der Waals surface area contributed by atoms with Crippen LogP contribution in [-0.4, -0.2) is 15.0 Å². The molecule has 0 aliphatic heterocycles. The standard InChI is InChI=1S/C49H27N3O2/c1-2-12-28(13-3-1)47-50-48(52-49(51-47)38-21-11-23-41-46(38)35-18-8-9-22-40(35)53-41)34-17-7-4-14-30(34)29-24-25-36-42(26-29)54-43-27-39-32-16-6-5-15-31(32)33-19-10-20-37(44(33)39)45(36)43/h1-27H. The van der Waals surface area contributed by atoms with Crippen molar-refractivity contribution in [2.75, 3.05) is 0 Å². The molecule has 0 saturated carbocycles. The number of aromatic nitrogens is 3. The summed E-state index contributed by atoms with van der Waals surface area (Å²) in [5.41, 5.74) is 13.1. The fourth-order valence-corrected chi connectivity index (χ4v) is 8.53. The topological polar surface area (TPSA) is 65.0 Å². The van der Waals surface area contributed by atoms with Gasteiger partial charge in [0.1, 0.15) is 22.3 Å². The lowest BCUT2D eigenvalue weighted by atomic mass is 9.96. The first kappa shape index (κ1) is 29.2. The van der Waals surface area contributed by atoms with Gasteiger partial charge in [0, 0.05) is 38.2 Å². The van der Waals surface area contributed by atoms with Crippen LogP contribution in [0.4, 0.5) is 0 Å². The Kier molecular flexibility index (Phi) is 5.99. The number of hydrogen-bond acceptors (Lipinski definition) is 5. The molecule has 11 aromatic rings. The molecule has 250 valence electrons. The lowest BCUT2D eigenvalue weighted by Crippen LogP contribution is -2.01. The Hall–Kier alpha value is -7.37. The number of rotatable bonds is 4. The molecule has 3 aromatic heterocycles. The molecule has 0 spiro atoms. The van der Waals surface area contributed by atoms with Crippen molar-refractivity contribution >= 4 is 54.6 Å². The molecule has 0 bridgehead atoms. The number of benzene rings is 8. The lowest BCUT2D eigenvalue weighted by molar-refractivity contribution is 0.669. The highest BCUT2D eigenvalue weighted by molar-refractivity contribution is 6.28. The predicted octanol–water partition coefficient (Wildman–Crippen LogP) is 13.1. The van der Waals surface area contributed by atoms with Crippen molar-refractivity contribution in [3.63, 3.8) is 0 Å². The zero-order valence-corrected chi connectivity index (χ0v) is 28.7. The van der Waals surface area contributed by atoms with Crippen LogP contribution in [0.25, 0.3) is 122 Å². The van der Waals surface area contributed by atoms with Crippen molar-refractivity contribution in [1.29, 1.82) is 0 Å². The Bertz CT molecular complexity index is 3340. The van der Waals surface area contributed by atoms with Gasteiger partial charge in [-0.1, -0.05) is 133 Å². The molecule has 5 nitrogen and oxygen atoms in total. The van der Waals surface area contributed by atoms with E-state index in [0.717, 1.165) is 71.7 Å². The van der Waals surface area contributed by atoms with Crippen LogP contribution in [0.2, 0.25) is 0 Å². The van der Waals surface area contributed by atoms with Crippen molar-refractivity contribution < 1.29 is 8.83 Å². The van der Waals surface area contributed by atoms with Crippen molar-refractivity contribution in [3.8, 4) is 67.5 Å². The Morgan fingerprint density at radius 1 is 0.278 bits per heavy atom. The molecule has 8 aromatic carbocycles. The van der Waals surface area contributed by atoms with Crippen molar-refractivity contribution in [1.82, 2.24) is 15.0 Å². The average Bonchev–Trinajstić information content (AvgIpc) is 3.91. The van der Waals surface area contributed by atoms with E-state index in [0.29, 0.717) is 17.5 Å². The van der Waals surface area contributed by atoms with Gasteiger partial charge in [-0.3, -0.25) is 0 Å². The molecule has 0 amide bonds. The Morgan fingerprint density at radius 2 is 0.870 bits per heavy atom. The number of fused-ring (bicyclic) bond motifs is 10. The summed E-state index contributed by atoms with van der Waals surface area (Å²) in [5, 5.41) is 6.77. The second-order valence-electron chi connectivity index (χ2n) is 13.9. The molecule has 1 aliphatic carbocycles. The summed E-state index contributed by atoms with van der Waals surface area (Å²) in [6.07, 6.45) is 0. The molecule has 5 heteroatoms. The average molecular weight is 690 g/mol. The largest absolute Gasteiger partial charge is 0.456 e. The fraction of sp³-hybridized carbons (Fsp3) is 0. The van der Waals surface area contributed by atoms with Gasteiger partial charge >= 0.3 is 0 Å². The van der Waals surface area contributed by atoms with Gasteiger partial charge in [-0.2, -0.15) is 0 Å². The lowest BCUT2D eigenvalue weighted by Gasteiger charge is -2.12. The summed E-state index contributed by atoms with van der Waals surface area (Å²) in [5.74, 6) is 1.78. The van der Waals surface area contributed by atoms with E-state index in [1.807, 2.05) is 66.7 Å². The van der Waals surface area contributed by atoms with Gasteiger partial charge in [0.15, 0.2) is 17.5 Å². The van der Waals surface area contributed by atoms with Crippen LogP contribution in [0.5, 0.6) is 0 Å². The van der Waals surface area contributed by atoms with E-state index >= 15 is 0 Å². The number of hydrogen-bond donors (Lipinski definition) is 0. The number of furan rings is 2. The van der Waals surface area contributed by atoms with Gasteiger partial charge < -0.3 is 8.83 Å². The van der Waals surface area contributed by atoms with E-state index in [4.69, 9.17) is 23.8 Å². The summed E-state index contributed by atoms with van der Waals surface area (Å²) < 4.78 is 13.0. The van der Waals surface area contributed by atoms with Crippen LogP contribution in [0.3, 0.4) is 0 Å². The highest BCUT2D eigenvalue weighted by atomic mass is 16.3. The summed E-state index contributed by atoms with van der Waals surface area (Å²) in [7, 11) is 0. The second-order valence-corrected chi connectivity index (χ2v) is 13.9. The molecule has 1 aliphatic rings. The summed E-state index contributed by atoms with van der Waals surface area (Å²) >= 11 is 0. The fourth-order valence-electron chi connectivity index (χ4n) is 8.53. The van der Waals surface area contributed by atoms with Gasteiger partial charge in [-0.15, -0.1) is 0 Å². The molecule has 0 N–H and O–H groups in total. The Morgan fingerprint density at radius 3 is 1.74 bits per heavy atom. The molecule has 0 atom stereocenters. The third-order valence-electron chi connectivity index (χ3n) is 10.9. The SMILES string of the molecule is c1ccc(-c2nc(-c3ccccc3-c3ccc4c(c3)oc3cc5c6c(cccc6c34)-c3ccccc3-5)nc(-c3cccc4oc5ccccc5c34)n2)cc1. The Labute approximate surface area is 308 Å². The summed E-state index contributed by atoms with van der Waals surface area (Å²) in [6, 6.07) is 56.6. The van der Waals surface area contributed by atoms with Crippen LogP contribution < -0.4 is 0 Å². The normalized spacial score (nSPS) is 12.1. The van der Waals surface area contributed by atoms with E-state index in [1.165, 1.54) is 33.0 Å². The van der Waals surface area contributed by atoms with Gasteiger partial charge in [0.05, 0.1) is 0 Å². The molecule has 54 heavy (non-hydrogen) atoms. The minimum atomic E-state index is 0.587. The maximum atomic E-state index is 6.72. The van der Waals surface area contributed by atoms with Crippen LogP contribution in [0.15, 0.2) is 173 Å². The monoisotopic (exact) mass is 689 g/mol. The first-order valence-corrected chi connectivity index (χ1v) is 18.1. The minimum absolute atomic E-state index is 0.587. The first-order valence-electron chi connectivity index (χ1n) is 18.1. The third-order valence-corrected chi connectivity index (χ3v) is 10.9. The van der Waals surface area contributed by atoms with E-state index in [9.17, 15) is 0 Å². The van der Waals surface area contributed by atoms with E-state index in [1.54, 1.807) is 0 Å². The highest BCUT2D eigenvalue weighted by Crippen LogP contribution is 2.51. The number of nitrogens with zero attached hydrogens (tertiary/aromatic N) is 3. The molecule has 0 unspecified atom stereocenters. The van der Waals surface area contributed by atoms with Gasteiger partial charge in [0.25, 0.3) is 0 Å². The predicted molar refractivity (Wildman–Crippen MR) is 218 cm³/mol. The zero-order valence-electron chi connectivity index (χ0n) is 28.7. The third kappa shape index (κ3) is 4.18. The maximum Gasteiger partial charge on any atom is 0.164 e.